The first-order chi connectivity index (χ1) is 23.7. The number of nitrogen functional groups attached to an aromatic ring is 1. The number of amides is 4. The van der Waals surface area contributed by atoms with Crippen LogP contribution in [-0.2, 0) is 30.5 Å². The normalized spacial score (nSPS) is 13.3. The molecule has 21 heteroatoms. The Bertz CT molecular complexity index is 1790. The van der Waals surface area contributed by atoms with Gasteiger partial charge >= 0.3 is 11.9 Å². The van der Waals surface area contributed by atoms with Crippen LogP contribution >= 0.6 is 12.6 Å². The van der Waals surface area contributed by atoms with Crippen molar-refractivity contribution in [2.45, 2.75) is 56.9 Å². The summed E-state index contributed by atoms with van der Waals surface area (Å²) in [7, 11) is 0. The molecule has 268 valence electrons. The first-order valence-corrected chi connectivity index (χ1v) is 15.6. The fourth-order valence-corrected chi connectivity index (χ4v) is 4.31. The van der Waals surface area contributed by atoms with E-state index in [4.69, 9.17) is 16.6 Å². The number of benzene rings is 1. The van der Waals surface area contributed by atoms with Gasteiger partial charge in [-0.05, 0) is 37.6 Å². The molecule has 50 heavy (non-hydrogen) atoms. The molecular formula is C29H37N11O9S. The third kappa shape index (κ3) is 11.7. The van der Waals surface area contributed by atoms with Crippen LogP contribution in [0.25, 0.3) is 11.2 Å². The molecule has 0 fully saturated rings. The van der Waals surface area contributed by atoms with Crippen molar-refractivity contribution in [1.29, 1.82) is 0 Å². The number of carboxylic acid groups (broad SMARTS) is 2. The van der Waals surface area contributed by atoms with E-state index in [1.54, 1.807) is 19.1 Å². The molecule has 1 aromatic carbocycles. The third-order valence-corrected chi connectivity index (χ3v) is 7.45. The third-order valence-electron chi connectivity index (χ3n) is 6.90. The fraction of sp³-hybridized carbons (Fsp3) is 0.379. The lowest BCUT2D eigenvalue weighted by Crippen LogP contribution is -2.56. The van der Waals surface area contributed by atoms with Crippen molar-refractivity contribution in [3.8, 4) is 0 Å². The van der Waals surface area contributed by atoms with E-state index >= 15 is 0 Å². The van der Waals surface area contributed by atoms with Crippen LogP contribution in [-0.4, -0.2) is 102 Å². The Kier molecular flexibility index (Phi) is 14.0. The maximum Gasteiger partial charge on any atom is 0.326 e. The van der Waals surface area contributed by atoms with Gasteiger partial charge in [0.15, 0.2) is 11.2 Å². The Morgan fingerprint density at radius 2 is 1.68 bits per heavy atom. The smallest absolute Gasteiger partial charge is 0.326 e. The number of hydrogen-bond donors (Lipinski definition) is 11. The zero-order chi connectivity index (χ0) is 37.0. The number of carboxylic acids is 2. The summed E-state index contributed by atoms with van der Waals surface area (Å²) < 4.78 is 0. The topological polar surface area (TPSA) is 327 Å². The molecule has 0 aliphatic rings. The van der Waals surface area contributed by atoms with Gasteiger partial charge in [0.05, 0.1) is 24.9 Å². The van der Waals surface area contributed by atoms with Gasteiger partial charge in [-0.2, -0.15) is 17.6 Å². The summed E-state index contributed by atoms with van der Waals surface area (Å²) in [6.07, 6.45) is 0.0681. The van der Waals surface area contributed by atoms with Crippen molar-refractivity contribution >= 4 is 71.0 Å². The lowest BCUT2D eigenvalue weighted by atomic mass is 10.1. The summed E-state index contributed by atoms with van der Waals surface area (Å²) in [5.74, 6) is -5.56. The average Bonchev–Trinajstić information content (AvgIpc) is 3.07. The minimum absolute atomic E-state index is 0.0209. The molecule has 4 atom stereocenters. The second-order valence-corrected chi connectivity index (χ2v) is 11.3. The molecule has 12 N–H and O–H groups in total. The monoisotopic (exact) mass is 715 g/mol. The summed E-state index contributed by atoms with van der Waals surface area (Å²) in [5.41, 5.74) is 12.0. The van der Waals surface area contributed by atoms with Crippen LogP contribution in [0.5, 0.6) is 0 Å². The molecule has 0 radical (unpaired) electrons. The van der Waals surface area contributed by atoms with Gasteiger partial charge in [0.2, 0.25) is 23.7 Å². The second kappa shape index (κ2) is 18.1. The van der Waals surface area contributed by atoms with Crippen LogP contribution in [0, 0.1) is 0 Å². The van der Waals surface area contributed by atoms with Crippen molar-refractivity contribution in [3.63, 3.8) is 0 Å². The molecule has 0 saturated heterocycles. The quantitative estimate of drug-likeness (QED) is 0.0618. The number of anilines is 2. The largest absolute Gasteiger partial charge is 0.481 e. The number of rotatable bonds is 18. The van der Waals surface area contributed by atoms with Crippen LogP contribution < -0.4 is 43.6 Å². The summed E-state index contributed by atoms with van der Waals surface area (Å²) in [6, 6.07) is 1.43. The van der Waals surface area contributed by atoms with Crippen molar-refractivity contribution in [2.24, 2.45) is 5.73 Å². The molecule has 20 nitrogen and oxygen atoms in total. The number of aromatic nitrogens is 4. The molecule has 2 aromatic heterocycles. The van der Waals surface area contributed by atoms with Gasteiger partial charge < -0.3 is 48.3 Å². The first kappa shape index (κ1) is 38.6. The summed E-state index contributed by atoms with van der Waals surface area (Å²) in [5, 5.41) is 31.2. The molecule has 0 aliphatic heterocycles. The van der Waals surface area contributed by atoms with Crippen molar-refractivity contribution in [2.75, 3.05) is 23.3 Å². The van der Waals surface area contributed by atoms with Crippen molar-refractivity contribution < 1.29 is 39.0 Å². The standard InChI is InChI=1S/C29H37N11O9S/c1-13(12-50)35-26(46)19(8-21(42)43)38-25(45)17(30)11-33-20(41)7-6-18(28(48)49)37-24(44)14-2-4-15(5-3-14)32-9-16-10-34-23-22(36-16)27(47)40-29(31)39-23/h2-5,10,13,17-19,32,50H,6-9,11-12,30H2,1H3,(H,33,41)(H,35,46)(H,37,44)(H,38,45)(H,42,43)(H,48,49)(H3,31,34,39,40,47). The van der Waals surface area contributed by atoms with Gasteiger partial charge in [-0.25, -0.2) is 14.8 Å². The van der Waals surface area contributed by atoms with E-state index in [0.717, 1.165) is 0 Å². The molecule has 0 bridgehead atoms. The Labute approximate surface area is 289 Å². The number of fused-ring (bicyclic) bond motifs is 1. The summed E-state index contributed by atoms with van der Waals surface area (Å²) in [4.78, 5) is 99.6. The van der Waals surface area contributed by atoms with Gasteiger partial charge in [-0.1, -0.05) is 0 Å². The van der Waals surface area contributed by atoms with E-state index in [1.807, 2.05) is 0 Å². The molecule has 0 aliphatic carbocycles. The van der Waals surface area contributed by atoms with E-state index in [1.165, 1.54) is 18.3 Å². The highest BCUT2D eigenvalue weighted by atomic mass is 32.1. The van der Waals surface area contributed by atoms with Gasteiger partial charge in [0.25, 0.3) is 11.5 Å². The summed E-state index contributed by atoms with van der Waals surface area (Å²) >= 11 is 4.03. The molecule has 3 aromatic rings. The number of nitrogens with two attached hydrogens (primary N) is 2. The zero-order valence-electron chi connectivity index (χ0n) is 26.6. The van der Waals surface area contributed by atoms with Crippen molar-refractivity contribution in [1.82, 2.24) is 41.2 Å². The average molecular weight is 716 g/mol. The van der Waals surface area contributed by atoms with Crippen molar-refractivity contribution in [3.05, 3.63) is 52.1 Å². The minimum Gasteiger partial charge on any atom is -0.481 e. The van der Waals surface area contributed by atoms with Gasteiger partial charge in [0.1, 0.15) is 18.1 Å². The predicted octanol–water partition coefficient (Wildman–Crippen LogP) is -2.29. The number of hydrogen-bond acceptors (Lipinski definition) is 14. The first-order valence-electron chi connectivity index (χ1n) is 15.0. The van der Waals surface area contributed by atoms with E-state index in [-0.39, 0.29) is 47.8 Å². The van der Waals surface area contributed by atoms with Gasteiger partial charge in [-0.3, -0.25) is 33.8 Å². The zero-order valence-corrected chi connectivity index (χ0v) is 27.5. The maximum absolute atomic E-state index is 12.8. The highest BCUT2D eigenvalue weighted by Gasteiger charge is 2.27. The van der Waals surface area contributed by atoms with E-state index in [0.29, 0.717) is 11.4 Å². The number of aliphatic carboxylic acids is 2. The molecule has 0 saturated carbocycles. The number of aromatic amines is 1. The maximum atomic E-state index is 12.8. The van der Waals surface area contributed by atoms with Crippen LogP contribution in [0.1, 0.15) is 42.2 Å². The van der Waals surface area contributed by atoms with Crippen LogP contribution in [0.2, 0.25) is 0 Å². The number of H-pyrrole nitrogens is 1. The van der Waals surface area contributed by atoms with Crippen LogP contribution in [0.4, 0.5) is 11.6 Å². The number of nitrogens with one attached hydrogen (secondary N) is 6. The molecule has 2 heterocycles. The molecule has 4 unspecified atom stereocenters. The van der Waals surface area contributed by atoms with E-state index in [2.05, 4.69) is 59.1 Å². The number of thiol groups is 1. The highest BCUT2D eigenvalue weighted by molar-refractivity contribution is 7.80. The lowest BCUT2D eigenvalue weighted by molar-refractivity contribution is -0.141. The number of carbonyl (C=O) groups is 6. The molecular weight excluding hydrogens is 678 g/mol. The Hall–Kier alpha value is -5.83. The van der Waals surface area contributed by atoms with Crippen LogP contribution in [0.3, 0.4) is 0 Å². The second-order valence-electron chi connectivity index (χ2n) is 11.0. The molecule has 0 spiro atoms. The Balaban J connectivity index is 1.47. The SMILES string of the molecule is CC(CS)NC(=O)C(CC(=O)O)NC(=O)C(N)CNC(=O)CCC(NC(=O)c1ccc(NCc2cnc3nc(N)[nH]c(=O)c3n2)cc1)C(=O)O. The fourth-order valence-electron chi connectivity index (χ4n) is 4.22. The van der Waals surface area contributed by atoms with E-state index < -0.39 is 78.3 Å². The van der Waals surface area contributed by atoms with Gasteiger partial charge in [0, 0.05) is 36.0 Å². The van der Waals surface area contributed by atoms with Crippen LogP contribution in [0.15, 0.2) is 35.3 Å². The Morgan fingerprint density at radius 1 is 0.980 bits per heavy atom. The number of carbonyl (C=O) groups excluding carboxylic acids is 4. The molecule has 4 amide bonds. The lowest BCUT2D eigenvalue weighted by Gasteiger charge is -2.21. The highest BCUT2D eigenvalue weighted by Crippen LogP contribution is 2.12. The minimum atomic E-state index is -1.43. The number of nitrogens with zero attached hydrogens (tertiary/aromatic N) is 3. The predicted molar refractivity (Wildman–Crippen MR) is 181 cm³/mol. The molecule has 3 rings (SSSR count). The Morgan fingerprint density at radius 3 is 2.32 bits per heavy atom. The summed E-state index contributed by atoms with van der Waals surface area (Å²) in [6.45, 7) is 1.41. The van der Waals surface area contributed by atoms with Gasteiger partial charge in [-0.15, -0.1) is 0 Å². The van der Waals surface area contributed by atoms with E-state index in [9.17, 15) is 38.7 Å².